The van der Waals surface area contributed by atoms with Crippen LogP contribution in [0.3, 0.4) is 0 Å². The van der Waals surface area contributed by atoms with Gasteiger partial charge in [0, 0.05) is 87.5 Å². The standard InChI is InChI=1S/C26H21F2N5O.C23H31N5O4.C9H15NO2/c1-3-17-20(27)10-7-14-5-4-6-18(21(14)17)23-22(28)24-19(11-29-23)25(32-26(31-24)34-2)33-12-15-8-9-16(13-33)30-15;1-25-10-8-15(9-11-25)12-27-13-16(14-27)32-19-5-3-4-17-21(19)26(2)23(31)28(17)18-6-7-20(29)24-22(18)30;11-7-12-6-9-4-3-8-2-1-5-10(8)9/h1,4-7,10-11,15-16,30H,8-9,12-13H2,2H3;3-5,15-16,18H,6-14H2,1-2H3,(H,24,29,30);7-9H,1-6H2. The molecule has 0 spiro atoms. The number of benzene rings is 3. The van der Waals surface area contributed by atoms with Crippen molar-refractivity contribution in [2.75, 3.05) is 78.0 Å². The normalized spacial score (nSPS) is 23.7. The molecule has 13 rings (SSSR count). The van der Waals surface area contributed by atoms with Gasteiger partial charge in [-0.05, 0) is 114 Å². The molecular weight excluding hydrogens is 1000 g/mol. The lowest BCUT2D eigenvalue weighted by Gasteiger charge is -2.42. The SMILES string of the molecule is C#Cc1c(F)ccc2cccc(-c3ncc4c(N5CC6CCC(C5)N6)nc(OC)nc4c3F)c12.CN1CCC(CN2CC(Oc3cccc4c3n(C)c(=O)n4C3CCC(=O)NC3=O)C2)CC1.O=COCC1CCC2CCCN21. The van der Waals surface area contributed by atoms with E-state index in [2.05, 4.69) is 58.2 Å². The molecule has 2 bridgehead atoms. The largest absolute Gasteiger partial charge is 0.485 e. The number of methoxy groups -OCH3 is 1. The van der Waals surface area contributed by atoms with E-state index in [1.807, 2.05) is 18.2 Å². The van der Waals surface area contributed by atoms with Crippen LogP contribution in [0.25, 0.3) is 44.0 Å². The number of nitrogens with zero attached hydrogens (tertiary/aromatic N) is 9. The molecule has 7 saturated heterocycles. The van der Waals surface area contributed by atoms with Crippen molar-refractivity contribution < 1.29 is 37.4 Å². The van der Waals surface area contributed by atoms with Gasteiger partial charge in [0.2, 0.25) is 11.8 Å². The number of imidazole rings is 1. The van der Waals surface area contributed by atoms with Crippen LogP contribution in [0.4, 0.5) is 14.6 Å². The van der Waals surface area contributed by atoms with E-state index in [1.54, 1.807) is 42.1 Å². The molecule has 3 aromatic carbocycles. The highest BCUT2D eigenvalue weighted by molar-refractivity contribution is 6.02. The van der Waals surface area contributed by atoms with Crippen LogP contribution in [-0.2, 0) is 26.2 Å². The number of aryl methyl sites for hydroxylation is 1. The highest BCUT2D eigenvalue weighted by atomic mass is 19.1. The van der Waals surface area contributed by atoms with Gasteiger partial charge in [-0.3, -0.25) is 43.6 Å². The fraction of sp³-hybridized carbons (Fsp3) is 0.500. The third kappa shape index (κ3) is 10.5. The number of carbonyl (C=O) groups is 3. The number of hydrogen-bond donors (Lipinski definition) is 2. The van der Waals surface area contributed by atoms with Crippen LogP contribution in [0.5, 0.6) is 11.8 Å². The van der Waals surface area contributed by atoms with Crippen molar-refractivity contribution in [3.63, 3.8) is 0 Å². The number of para-hydroxylation sites is 1. The Morgan fingerprint density at radius 3 is 2.41 bits per heavy atom. The average Bonchev–Trinajstić information content (AvgIpc) is 4.33. The number of terminal acetylenes is 1. The summed E-state index contributed by atoms with van der Waals surface area (Å²) in [5.74, 6) is 2.55. The fourth-order valence-electron chi connectivity index (χ4n) is 13.0. The van der Waals surface area contributed by atoms with Gasteiger partial charge in [-0.2, -0.15) is 9.97 Å². The summed E-state index contributed by atoms with van der Waals surface area (Å²) in [4.78, 5) is 69.8. The zero-order valence-corrected chi connectivity index (χ0v) is 44.5. The number of imide groups is 1. The van der Waals surface area contributed by atoms with E-state index in [-0.39, 0.29) is 46.9 Å². The molecule has 2 amide bonds. The molecule has 2 N–H and O–H groups in total. The first-order valence-corrected chi connectivity index (χ1v) is 27.4. The summed E-state index contributed by atoms with van der Waals surface area (Å²) in [5.41, 5.74) is 1.71. The number of anilines is 1. The lowest BCUT2D eigenvalue weighted by Crippen LogP contribution is -2.55. The Hall–Kier alpha value is -7.05. The Kier molecular flexibility index (Phi) is 15.4. The molecule has 0 radical (unpaired) electrons. The topological polar surface area (TPSA) is 182 Å². The van der Waals surface area contributed by atoms with E-state index < -0.39 is 23.6 Å². The van der Waals surface area contributed by atoms with Crippen LogP contribution in [0.15, 0.2) is 59.5 Å². The van der Waals surface area contributed by atoms with Crippen LogP contribution >= 0.6 is 0 Å². The number of piperazine rings is 1. The quantitative estimate of drug-likeness (QED) is 0.0935. The van der Waals surface area contributed by atoms with Gasteiger partial charge in [-0.1, -0.05) is 36.3 Å². The molecule has 0 aliphatic carbocycles. The Balaban J connectivity index is 0.000000137. The number of amides is 2. The van der Waals surface area contributed by atoms with Gasteiger partial charge in [0.05, 0.1) is 23.6 Å². The first-order chi connectivity index (χ1) is 37.9. The minimum absolute atomic E-state index is 0.0484. The minimum Gasteiger partial charge on any atom is -0.485 e. The first-order valence-electron chi connectivity index (χ1n) is 27.4. The van der Waals surface area contributed by atoms with Gasteiger partial charge in [0.25, 0.3) is 6.47 Å². The monoisotopic (exact) mass is 1070 g/mol. The van der Waals surface area contributed by atoms with Crippen molar-refractivity contribution in [3.8, 4) is 35.4 Å². The molecule has 3 aromatic heterocycles. The van der Waals surface area contributed by atoms with Gasteiger partial charge >= 0.3 is 11.7 Å². The van der Waals surface area contributed by atoms with Crippen molar-refractivity contribution in [2.24, 2.45) is 13.0 Å². The molecule has 7 aliphatic heterocycles. The van der Waals surface area contributed by atoms with E-state index in [0.29, 0.717) is 81.9 Å². The minimum atomic E-state index is -0.687. The second kappa shape index (κ2) is 22.7. The highest BCUT2D eigenvalue weighted by Gasteiger charge is 2.38. The molecule has 5 unspecified atom stereocenters. The lowest BCUT2D eigenvalue weighted by atomic mass is 9.95. The number of ether oxygens (including phenoxy) is 3. The summed E-state index contributed by atoms with van der Waals surface area (Å²) < 4.78 is 50.0. The number of hydrogen-bond acceptors (Lipinski definition) is 15. The predicted octanol–water partition coefficient (Wildman–Crippen LogP) is 5.56. The summed E-state index contributed by atoms with van der Waals surface area (Å²) in [6.45, 7) is 9.17. The van der Waals surface area contributed by atoms with Crippen molar-refractivity contribution in [3.05, 3.63) is 82.4 Å². The number of aromatic nitrogens is 5. The van der Waals surface area contributed by atoms with Crippen molar-refractivity contribution in [2.45, 2.75) is 101 Å². The summed E-state index contributed by atoms with van der Waals surface area (Å²) >= 11 is 0. The second-order valence-corrected chi connectivity index (χ2v) is 21.9. The summed E-state index contributed by atoms with van der Waals surface area (Å²) in [5, 5.41) is 7.58. The van der Waals surface area contributed by atoms with Crippen LogP contribution < -0.4 is 30.7 Å². The summed E-state index contributed by atoms with van der Waals surface area (Å²) in [7, 11) is 5.34. The number of piperidine rings is 2. The maximum atomic E-state index is 16.1. The van der Waals surface area contributed by atoms with Gasteiger partial charge in [-0.15, -0.1) is 6.42 Å². The molecule has 7 fully saturated rings. The maximum absolute atomic E-state index is 16.1. The fourth-order valence-corrected chi connectivity index (χ4v) is 13.0. The Morgan fingerprint density at radius 2 is 1.67 bits per heavy atom. The molecule has 7 aliphatic rings. The Labute approximate surface area is 451 Å². The first kappa shape index (κ1) is 53.0. The molecule has 410 valence electrons. The van der Waals surface area contributed by atoms with Gasteiger partial charge < -0.3 is 29.3 Å². The highest BCUT2D eigenvalue weighted by Crippen LogP contribution is 2.38. The van der Waals surface area contributed by atoms with Crippen LogP contribution in [0, 0.1) is 29.9 Å². The van der Waals surface area contributed by atoms with E-state index in [0.717, 1.165) is 57.5 Å². The molecule has 5 atom stereocenters. The van der Waals surface area contributed by atoms with E-state index in [4.69, 9.17) is 20.6 Å². The van der Waals surface area contributed by atoms with Gasteiger partial charge in [0.1, 0.15) is 52.9 Å². The number of nitrogens with one attached hydrogen (secondary N) is 2. The average molecular weight is 1070 g/mol. The molecule has 20 heteroatoms. The van der Waals surface area contributed by atoms with Crippen molar-refractivity contribution in [1.82, 2.24) is 49.4 Å². The van der Waals surface area contributed by atoms with E-state index in [9.17, 15) is 23.6 Å². The number of halogens is 2. The maximum Gasteiger partial charge on any atom is 0.329 e. The molecule has 10 heterocycles. The molecule has 18 nitrogen and oxygen atoms in total. The third-order valence-corrected chi connectivity index (χ3v) is 17.0. The third-order valence-electron chi connectivity index (χ3n) is 17.0. The number of carbonyl (C=O) groups excluding carboxylic acids is 3. The smallest absolute Gasteiger partial charge is 0.329 e. The zero-order chi connectivity index (χ0) is 54.2. The Morgan fingerprint density at radius 1 is 0.885 bits per heavy atom. The van der Waals surface area contributed by atoms with E-state index in [1.165, 1.54) is 75.9 Å². The zero-order valence-electron chi connectivity index (χ0n) is 44.5. The van der Waals surface area contributed by atoms with Gasteiger partial charge in [-0.25, -0.2) is 13.6 Å². The Bertz CT molecular complexity index is 3340. The number of likely N-dealkylation sites (tertiary alicyclic amines) is 2. The lowest BCUT2D eigenvalue weighted by molar-refractivity contribution is -0.136. The molecule has 6 aromatic rings. The molecule has 78 heavy (non-hydrogen) atoms. The second-order valence-electron chi connectivity index (χ2n) is 21.9. The molecule has 0 saturated carbocycles. The summed E-state index contributed by atoms with van der Waals surface area (Å²) in [6, 6.07) is 15.2. The summed E-state index contributed by atoms with van der Waals surface area (Å²) in [6.07, 6.45) is 17.7. The number of fused-ring (bicyclic) bond motifs is 6. The van der Waals surface area contributed by atoms with Crippen LogP contribution in [0.2, 0.25) is 0 Å². The van der Waals surface area contributed by atoms with Crippen molar-refractivity contribution in [1.29, 1.82) is 0 Å². The van der Waals surface area contributed by atoms with Crippen LogP contribution in [0.1, 0.15) is 75.8 Å². The molecular formula is C58H67F2N11O7. The number of pyridine rings is 1. The predicted molar refractivity (Wildman–Crippen MR) is 291 cm³/mol. The van der Waals surface area contributed by atoms with Crippen molar-refractivity contribution >= 4 is 56.8 Å². The number of rotatable bonds is 11. The van der Waals surface area contributed by atoms with Crippen LogP contribution in [-0.4, -0.2) is 160 Å². The van der Waals surface area contributed by atoms with E-state index >= 15 is 4.39 Å². The van der Waals surface area contributed by atoms with Gasteiger partial charge in [0.15, 0.2) is 5.82 Å².